The second kappa shape index (κ2) is 8.69. The van der Waals surface area contributed by atoms with Gasteiger partial charge in [0.15, 0.2) is 6.10 Å². The molecule has 1 saturated heterocycles. The summed E-state index contributed by atoms with van der Waals surface area (Å²) in [5.41, 5.74) is 0.475. The van der Waals surface area contributed by atoms with Gasteiger partial charge in [-0.2, -0.15) is 4.31 Å². The fourth-order valence-corrected chi connectivity index (χ4v) is 4.82. The molecule has 1 aliphatic heterocycles. The van der Waals surface area contributed by atoms with Crippen LogP contribution < -0.4 is 10.1 Å². The highest BCUT2D eigenvalue weighted by molar-refractivity contribution is 7.89. The van der Waals surface area contributed by atoms with Gasteiger partial charge in [0.2, 0.25) is 10.0 Å². The van der Waals surface area contributed by atoms with Crippen LogP contribution >= 0.6 is 23.2 Å². The summed E-state index contributed by atoms with van der Waals surface area (Å²) in [5, 5.41) is 3.48. The zero-order chi connectivity index (χ0) is 20.3. The first-order chi connectivity index (χ1) is 13.3. The van der Waals surface area contributed by atoms with Crippen LogP contribution in [0.15, 0.2) is 47.4 Å². The van der Waals surface area contributed by atoms with Gasteiger partial charge in [0.05, 0.1) is 9.92 Å². The summed E-state index contributed by atoms with van der Waals surface area (Å²) in [7, 11) is -3.48. The van der Waals surface area contributed by atoms with Crippen molar-refractivity contribution < 1.29 is 17.9 Å². The van der Waals surface area contributed by atoms with Gasteiger partial charge in [-0.05, 0) is 62.2 Å². The lowest BCUT2D eigenvalue weighted by Crippen LogP contribution is -2.30. The largest absolute Gasteiger partial charge is 0.479 e. The standard InChI is InChI=1S/C19H20Cl2N2O4S/c1-13(27-18-9-4-14(20)12-17(18)21)19(24)22-15-5-7-16(8-6-15)28(25,26)23-10-2-3-11-23/h4-9,12-13H,2-3,10-11H2,1H3,(H,22,24)/t13-/m1/s1. The highest BCUT2D eigenvalue weighted by atomic mass is 35.5. The molecule has 0 unspecified atom stereocenters. The van der Waals surface area contributed by atoms with E-state index in [9.17, 15) is 13.2 Å². The van der Waals surface area contributed by atoms with Crippen LogP contribution in [0.1, 0.15) is 19.8 Å². The normalized spacial score (nSPS) is 16.0. The molecule has 0 aliphatic carbocycles. The SMILES string of the molecule is C[C@@H](Oc1ccc(Cl)cc1Cl)C(=O)Nc1ccc(S(=O)(=O)N2CCCC2)cc1. The molecule has 28 heavy (non-hydrogen) atoms. The molecule has 6 nitrogen and oxygen atoms in total. The first-order valence-corrected chi connectivity index (χ1v) is 11.0. The number of sulfonamides is 1. The van der Waals surface area contributed by atoms with Crippen molar-refractivity contribution in [1.29, 1.82) is 0 Å². The van der Waals surface area contributed by atoms with Gasteiger partial charge in [-0.15, -0.1) is 0 Å². The van der Waals surface area contributed by atoms with Crippen LogP contribution in [0.25, 0.3) is 0 Å². The van der Waals surface area contributed by atoms with E-state index in [-0.39, 0.29) is 10.8 Å². The number of hydrogen-bond donors (Lipinski definition) is 1. The number of nitrogens with zero attached hydrogens (tertiary/aromatic N) is 1. The third kappa shape index (κ3) is 4.78. The average molecular weight is 443 g/mol. The molecule has 0 radical (unpaired) electrons. The van der Waals surface area contributed by atoms with Crippen LogP contribution in [-0.4, -0.2) is 37.8 Å². The smallest absolute Gasteiger partial charge is 0.265 e. The van der Waals surface area contributed by atoms with Crippen molar-refractivity contribution in [2.45, 2.75) is 30.8 Å². The highest BCUT2D eigenvalue weighted by Gasteiger charge is 2.27. The monoisotopic (exact) mass is 442 g/mol. The van der Waals surface area contributed by atoms with Crippen LogP contribution in [0.5, 0.6) is 5.75 Å². The van der Waals surface area contributed by atoms with E-state index in [1.54, 1.807) is 31.2 Å². The minimum Gasteiger partial charge on any atom is -0.479 e. The molecule has 150 valence electrons. The molecule has 0 aromatic heterocycles. The van der Waals surface area contributed by atoms with E-state index >= 15 is 0 Å². The number of carbonyl (C=O) groups excluding carboxylic acids is 1. The van der Waals surface area contributed by atoms with E-state index in [4.69, 9.17) is 27.9 Å². The maximum Gasteiger partial charge on any atom is 0.265 e. The Morgan fingerprint density at radius 3 is 2.36 bits per heavy atom. The molecule has 1 amide bonds. The van der Waals surface area contributed by atoms with Crippen LogP contribution in [0.2, 0.25) is 10.0 Å². The van der Waals surface area contributed by atoms with Crippen molar-refractivity contribution in [3.63, 3.8) is 0 Å². The van der Waals surface area contributed by atoms with Gasteiger partial charge >= 0.3 is 0 Å². The van der Waals surface area contributed by atoms with Crippen molar-refractivity contribution >= 4 is 44.8 Å². The van der Waals surface area contributed by atoms with Crippen molar-refractivity contribution in [1.82, 2.24) is 4.31 Å². The molecule has 1 N–H and O–H groups in total. The lowest BCUT2D eigenvalue weighted by atomic mass is 10.3. The van der Waals surface area contributed by atoms with Gasteiger partial charge in [0, 0.05) is 23.8 Å². The molecule has 0 bridgehead atoms. The zero-order valence-electron chi connectivity index (χ0n) is 15.2. The topological polar surface area (TPSA) is 75.7 Å². The summed E-state index contributed by atoms with van der Waals surface area (Å²) < 4.78 is 32.1. The number of anilines is 1. The minimum absolute atomic E-state index is 0.213. The van der Waals surface area contributed by atoms with Crippen LogP contribution in [-0.2, 0) is 14.8 Å². The van der Waals surface area contributed by atoms with Gasteiger partial charge in [0.25, 0.3) is 5.91 Å². The number of halogens is 2. The van der Waals surface area contributed by atoms with E-state index < -0.39 is 16.1 Å². The van der Waals surface area contributed by atoms with E-state index in [1.807, 2.05) is 0 Å². The third-order valence-corrected chi connectivity index (χ3v) is 6.83. The number of rotatable bonds is 6. The predicted octanol–water partition coefficient (Wildman–Crippen LogP) is 4.18. The van der Waals surface area contributed by atoms with Gasteiger partial charge in [-0.1, -0.05) is 23.2 Å². The first-order valence-electron chi connectivity index (χ1n) is 8.80. The molecule has 0 spiro atoms. The summed E-state index contributed by atoms with van der Waals surface area (Å²) in [5.74, 6) is -0.0399. The third-order valence-electron chi connectivity index (χ3n) is 4.39. The summed E-state index contributed by atoms with van der Waals surface area (Å²) in [4.78, 5) is 12.6. The van der Waals surface area contributed by atoms with Crippen LogP contribution in [0, 0.1) is 0 Å². The van der Waals surface area contributed by atoms with Crippen molar-refractivity contribution in [3.05, 3.63) is 52.5 Å². The minimum atomic E-state index is -3.48. The Morgan fingerprint density at radius 1 is 1.11 bits per heavy atom. The van der Waals surface area contributed by atoms with E-state index in [1.165, 1.54) is 22.5 Å². The van der Waals surface area contributed by atoms with E-state index in [2.05, 4.69) is 5.32 Å². The lowest BCUT2D eigenvalue weighted by Gasteiger charge is -2.17. The van der Waals surface area contributed by atoms with Gasteiger partial charge in [-0.25, -0.2) is 8.42 Å². The van der Waals surface area contributed by atoms with Crippen LogP contribution in [0.4, 0.5) is 5.69 Å². The molecule has 1 aliphatic rings. The Bertz CT molecular complexity index is 958. The van der Waals surface area contributed by atoms with Crippen LogP contribution in [0.3, 0.4) is 0 Å². The number of carbonyl (C=O) groups is 1. The molecule has 3 rings (SSSR count). The molecule has 2 aromatic carbocycles. The Balaban J connectivity index is 1.63. The number of amides is 1. The summed E-state index contributed by atoms with van der Waals surface area (Å²) >= 11 is 11.9. The van der Waals surface area contributed by atoms with Gasteiger partial charge < -0.3 is 10.1 Å². The van der Waals surface area contributed by atoms with E-state index in [0.29, 0.717) is 34.6 Å². The lowest BCUT2D eigenvalue weighted by molar-refractivity contribution is -0.122. The average Bonchev–Trinajstić information content (AvgIpc) is 3.20. The zero-order valence-corrected chi connectivity index (χ0v) is 17.5. The predicted molar refractivity (Wildman–Crippen MR) is 110 cm³/mol. The maximum absolute atomic E-state index is 12.5. The molecule has 1 fully saturated rings. The van der Waals surface area contributed by atoms with Crippen molar-refractivity contribution in [2.24, 2.45) is 0 Å². The van der Waals surface area contributed by atoms with Gasteiger partial charge in [0.1, 0.15) is 5.75 Å². The fraction of sp³-hybridized carbons (Fsp3) is 0.316. The molecule has 0 saturated carbocycles. The van der Waals surface area contributed by atoms with Gasteiger partial charge in [-0.3, -0.25) is 4.79 Å². The Kier molecular flexibility index (Phi) is 6.50. The Hall–Kier alpha value is -1.80. The van der Waals surface area contributed by atoms with E-state index in [0.717, 1.165) is 12.8 Å². The Morgan fingerprint density at radius 2 is 1.75 bits per heavy atom. The quantitative estimate of drug-likeness (QED) is 0.727. The second-order valence-corrected chi connectivity index (χ2v) is 9.24. The van der Waals surface area contributed by atoms with Crippen molar-refractivity contribution in [3.8, 4) is 5.75 Å². The number of hydrogen-bond acceptors (Lipinski definition) is 4. The summed E-state index contributed by atoms with van der Waals surface area (Å²) in [6.45, 7) is 2.68. The number of benzene rings is 2. The number of nitrogens with one attached hydrogen (secondary N) is 1. The number of ether oxygens (including phenoxy) is 1. The maximum atomic E-state index is 12.5. The first kappa shape index (κ1) is 20.9. The summed E-state index contributed by atoms with van der Waals surface area (Å²) in [6, 6.07) is 10.8. The fourth-order valence-electron chi connectivity index (χ4n) is 2.85. The Labute approximate surface area is 174 Å². The van der Waals surface area contributed by atoms with Crippen molar-refractivity contribution in [2.75, 3.05) is 18.4 Å². The summed E-state index contributed by atoms with van der Waals surface area (Å²) in [6.07, 6.45) is 0.942. The highest BCUT2D eigenvalue weighted by Crippen LogP contribution is 2.28. The molecule has 2 aromatic rings. The molecular weight excluding hydrogens is 423 g/mol. The molecule has 9 heteroatoms. The molecule has 1 heterocycles. The molecule has 1 atom stereocenters. The molecular formula is C19H20Cl2N2O4S. The second-order valence-electron chi connectivity index (χ2n) is 6.46.